The monoisotopic (exact) mass is 383 g/mol. The predicted molar refractivity (Wildman–Crippen MR) is 108 cm³/mol. The Hall–Kier alpha value is -2.67. The second kappa shape index (κ2) is 8.56. The lowest BCUT2D eigenvalue weighted by Crippen LogP contribution is -2.46. The number of halogens is 1. The number of piperazine rings is 1. The van der Waals surface area contributed by atoms with E-state index in [1.165, 1.54) is 12.1 Å². The Morgan fingerprint density at radius 2 is 1.89 bits per heavy atom. The van der Waals surface area contributed by atoms with Crippen LogP contribution >= 0.6 is 0 Å². The van der Waals surface area contributed by atoms with Crippen molar-refractivity contribution >= 4 is 17.4 Å². The number of hydrogen-bond donors (Lipinski definition) is 2. The largest absolute Gasteiger partial charge is 0.368 e. The molecule has 1 unspecified atom stereocenters. The molecule has 0 aliphatic carbocycles. The second-order valence-electron chi connectivity index (χ2n) is 7.34. The highest BCUT2D eigenvalue weighted by atomic mass is 19.1. The highest BCUT2D eigenvalue weighted by Gasteiger charge is 2.22. The number of hydrogen-bond acceptors (Lipinski definition) is 5. The van der Waals surface area contributed by atoms with Crippen molar-refractivity contribution in [3.05, 3.63) is 54.0 Å². The van der Waals surface area contributed by atoms with Gasteiger partial charge in [0, 0.05) is 44.6 Å². The summed E-state index contributed by atoms with van der Waals surface area (Å²) in [6, 6.07) is 10.6. The van der Waals surface area contributed by atoms with Crippen molar-refractivity contribution in [2.24, 2.45) is 0 Å². The van der Waals surface area contributed by atoms with Crippen molar-refractivity contribution in [2.75, 3.05) is 42.5 Å². The summed E-state index contributed by atoms with van der Waals surface area (Å²) < 4.78 is 13.1. The van der Waals surface area contributed by atoms with Gasteiger partial charge in [0.05, 0.1) is 6.04 Å². The smallest absolute Gasteiger partial charge is 0.237 e. The van der Waals surface area contributed by atoms with E-state index in [-0.39, 0.29) is 17.8 Å². The summed E-state index contributed by atoms with van der Waals surface area (Å²) in [5, 5.41) is 6.24. The van der Waals surface area contributed by atoms with Crippen LogP contribution in [0.5, 0.6) is 0 Å². The fraction of sp³-hybridized carbons (Fsp3) is 0.429. The Morgan fingerprint density at radius 1 is 1.14 bits per heavy atom. The van der Waals surface area contributed by atoms with Crippen molar-refractivity contribution in [1.29, 1.82) is 0 Å². The van der Waals surface area contributed by atoms with Crippen LogP contribution in [-0.4, -0.2) is 49.7 Å². The molecule has 2 aliphatic heterocycles. The van der Waals surface area contributed by atoms with E-state index in [0.29, 0.717) is 6.54 Å². The molecule has 0 spiro atoms. The molecule has 28 heavy (non-hydrogen) atoms. The number of pyridine rings is 1. The van der Waals surface area contributed by atoms with Crippen molar-refractivity contribution in [3.63, 3.8) is 0 Å². The van der Waals surface area contributed by atoms with Crippen molar-refractivity contribution in [1.82, 2.24) is 15.6 Å². The summed E-state index contributed by atoms with van der Waals surface area (Å²) >= 11 is 0. The molecule has 6 nitrogen and oxygen atoms in total. The molecule has 2 saturated heterocycles. The third kappa shape index (κ3) is 4.42. The lowest BCUT2D eigenvalue weighted by Gasteiger charge is -2.36. The standard InChI is InChI=1S/C21H26FN5O/c22-17-3-5-18(6-4-17)26-10-12-27(13-11-26)20-14-16(7-9-24-20)15-25-21(28)19-2-1-8-23-19/h3-7,9,14,19,23H,1-2,8,10-13,15H2,(H,25,28). The quantitative estimate of drug-likeness (QED) is 0.826. The molecule has 3 heterocycles. The van der Waals surface area contributed by atoms with E-state index < -0.39 is 0 Å². The Bertz CT molecular complexity index is 799. The van der Waals surface area contributed by atoms with Crippen LogP contribution in [0.3, 0.4) is 0 Å². The molecular weight excluding hydrogens is 357 g/mol. The SMILES string of the molecule is O=C(NCc1ccnc(N2CCN(c3ccc(F)cc3)CC2)c1)C1CCCN1. The average Bonchev–Trinajstić information content (AvgIpc) is 3.28. The molecule has 1 aromatic heterocycles. The molecule has 7 heteroatoms. The van der Waals surface area contributed by atoms with Crippen LogP contribution in [0.4, 0.5) is 15.9 Å². The predicted octanol–water partition coefficient (Wildman–Crippen LogP) is 1.92. The van der Waals surface area contributed by atoms with Gasteiger partial charge in [0.15, 0.2) is 0 Å². The zero-order chi connectivity index (χ0) is 19.3. The van der Waals surface area contributed by atoms with E-state index in [4.69, 9.17) is 0 Å². The summed E-state index contributed by atoms with van der Waals surface area (Å²) in [7, 11) is 0. The Morgan fingerprint density at radius 3 is 2.61 bits per heavy atom. The molecule has 1 aromatic carbocycles. The van der Waals surface area contributed by atoms with Gasteiger partial charge < -0.3 is 20.4 Å². The van der Waals surface area contributed by atoms with Crippen LogP contribution in [0.15, 0.2) is 42.6 Å². The Kier molecular flexibility index (Phi) is 5.71. The summed E-state index contributed by atoms with van der Waals surface area (Å²) in [6.07, 6.45) is 3.77. The summed E-state index contributed by atoms with van der Waals surface area (Å²) in [5.41, 5.74) is 2.10. The Labute approximate surface area is 164 Å². The van der Waals surface area contributed by atoms with Crippen LogP contribution in [0, 0.1) is 5.82 Å². The molecule has 148 valence electrons. The molecule has 2 aliphatic rings. The van der Waals surface area contributed by atoms with Gasteiger partial charge >= 0.3 is 0 Å². The molecular formula is C21H26FN5O. The van der Waals surface area contributed by atoms with Crippen LogP contribution in [0.2, 0.25) is 0 Å². The minimum absolute atomic E-state index is 0.0548. The van der Waals surface area contributed by atoms with Gasteiger partial charge in [-0.05, 0) is 61.3 Å². The van der Waals surface area contributed by atoms with Gasteiger partial charge in [-0.25, -0.2) is 9.37 Å². The third-order valence-electron chi connectivity index (χ3n) is 5.45. The number of benzene rings is 1. The molecule has 1 atom stereocenters. The number of nitrogens with zero attached hydrogens (tertiary/aromatic N) is 3. The fourth-order valence-corrected chi connectivity index (χ4v) is 3.81. The molecule has 2 aromatic rings. The number of aromatic nitrogens is 1. The van der Waals surface area contributed by atoms with Gasteiger partial charge in [0.1, 0.15) is 11.6 Å². The second-order valence-corrected chi connectivity index (χ2v) is 7.34. The van der Waals surface area contributed by atoms with E-state index in [2.05, 4.69) is 31.5 Å². The van der Waals surface area contributed by atoms with Gasteiger partial charge in [-0.2, -0.15) is 0 Å². The van der Waals surface area contributed by atoms with E-state index in [9.17, 15) is 9.18 Å². The van der Waals surface area contributed by atoms with Crippen molar-refractivity contribution < 1.29 is 9.18 Å². The lowest BCUT2D eigenvalue weighted by atomic mass is 10.2. The maximum atomic E-state index is 13.1. The van der Waals surface area contributed by atoms with E-state index >= 15 is 0 Å². The summed E-state index contributed by atoms with van der Waals surface area (Å²) in [6.45, 7) is 4.87. The van der Waals surface area contributed by atoms with Crippen LogP contribution in [-0.2, 0) is 11.3 Å². The number of rotatable bonds is 5. The molecule has 4 rings (SSSR count). The number of anilines is 2. The topological polar surface area (TPSA) is 60.5 Å². The maximum absolute atomic E-state index is 13.1. The van der Waals surface area contributed by atoms with Crippen LogP contribution in [0.25, 0.3) is 0 Å². The molecule has 0 radical (unpaired) electrons. The van der Waals surface area contributed by atoms with E-state index in [1.807, 2.05) is 18.2 Å². The normalized spacial score (nSPS) is 19.7. The molecule has 0 saturated carbocycles. The van der Waals surface area contributed by atoms with Crippen LogP contribution < -0.4 is 20.4 Å². The number of nitrogens with one attached hydrogen (secondary N) is 2. The van der Waals surface area contributed by atoms with Gasteiger partial charge in [-0.3, -0.25) is 4.79 Å². The summed E-state index contributed by atoms with van der Waals surface area (Å²) in [5.74, 6) is 0.799. The lowest BCUT2D eigenvalue weighted by molar-refractivity contribution is -0.122. The van der Waals surface area contributed by atoms with Crippen LogP contribution in [0.1, 0.15) is 18.4 Å². The van der Waals surface area contributed by atoms with E-state index in [1.54, 1.807) is 6.20 Å². The van der Waals surface area contributed by atoms with Gasteiger partial charge in [-0.1, -0.05) is 0 Å². The molecule has 0 bridgehead atoms. The zero-order valence-electron chi connectivity index (χ0n) is 15.9. The number of carbonyl (C=O) groups is 1. The van der Waals surface area contributed by atoms with Crippen molar-refractivity contribution in [2.45, 2.75) is 25.4 Å². The highest BCUT2D eigenvalue weighted by molar-refractivity contribution is 5.82. The van der Waals surface area contributed by atoms with Crippen molar-refractivity contribution in [3.8, 4) is 0 Å². The number of amides is 1. The van der Waals surface area contributed by atoms with Gasteiger partial charge in [0.25, 0.3) is 0 Å². The molecule has 2 fully saturated rings. The zero-order valence-corrected chi connectivity index (χ0v) is 15.9. The first kappa shape index (κ1) is 18.7. The molecule has 1 amide bonds. The van der Waals surface area contributed by atoms with Gasteiger partial charge in [0.2, 0.25) is 5.91 Å². The Balaban J connectivity index is 1.32. The minimum Gasteiger partial charge on any atom is -0.368 e. The highest BCUT2D eigenvalue weighted by Crippen LogP contribution is 2.20. The third-order valence-corrected chi connectivity index (χ3v) is 5.45. The molecule has 2 N–H and O–H groups in total. The fourth-order valence-electron chi connectivity index (χ4n) is 3.81. The van der Waals surface area contributed by atoms with E-state index in [0.717, 1.165) is 62.6 Å². The first-order chi connectivity index (χ1) is 13.7. The number of carbonyl (C=O) groups excluding carboxylic acids is 1. The maximum Gasteiger partial charge on any atom is 0.237 e. The first-order valence-corrected chi connectivity index (χ1v) is 9.90. The average molecular weight is 383 g/mol. The van der Waals surface area contributed by atoms with Gasteiger partial charge in [-0.15, -0.1) is 0 Å². The summed E-state index contributed by atoms with van der Waals surface area (Å²) in [4.78, 5) is 21.2. The minimum atomic E-state index is -0.209. The first-order valence-electron chi connectivity index (χ1n) is 9.90.